The van der Waals surface area contributed by atoms with Gasteiger partial charge in [0.25, 0.3) is 0 Å². The number of hydrogen-bond acceptors (Lipinski definition) is 4. The van der Waals surface area contributed by atoms with E-state index >= 15 is 0 Å². The minimum atomic E-state index is 0.948. The highest BCUT2D eigenvalue weighted by Gasteiger charge is 2.24. The fraction of sp³-hybridized carbons (Fsp3) is 0.163. The minimum absolute atomic E-state index is 0.948. The lowest BCUT2D eigenvalue weighted by Crippen LogP contribution is -2.34. The Morgan fingerprint density at radius 1 is 0.510 bits per heavy atom. The van der Waals surface area contributed by atoms with Crippen molar-refractivity contribution < 1.29 is 9.13 Å². The monoisotopic (exact) mass is 640 g/mol. The summed E-state index contributed by atoms with van der Waals surface area (Å²) < 4.78 is 4.72. The second kappa shape index (κ2) is 12.3. The zero-order valence-electron chi connectivity index (χ0n) is 28.7. The molecule has 8 aromatic rings. The van der Waals surface area contributed by atoms with Crippen molar-refractivity contribution in [1.29, 1.82) is 0 Å². The van der Waals surface area contributed by atoms with Gasteiger partial charge in [-0.3, -0.25) is 0 Å². The molecule has 0 saturated carbocycles. The van der Waals surface area contributed by atoms with Crippen molar-refractivity contribution in [2.24, 2.45) is 0 Å². The number of benzene rings is 6. The van der Waals surface area contributed by atoms with Gasteiger partial charge >= 0.3 is 0 Å². The number of rotatable bonds is 7. The van der Waals surface area contributed by atoms with Crippen LogP contribution in [0, 0.1) is 6.92 Å². The van der Waals surface area contributed by atoms with Crippen LogP contribution in [0.1, 0.15) is 19.4 Å². The summed E-state index contributed by atoms with van der Waals surface area (Å²) in [5, 5.41) is 0. The third-order valence-corrected chi connectivity index (χ3v) is 9.65. The van der Waals surface area contributed by atoms with E-state index in [2.05, 4.69) is 181 Å². The molecule has 0 aliphatic carbocycles. The number of nitrogens with zero attached hydrogens (tertiary/aromatic N) is 6. The second-order valence-corrected chi connectivity index (χ2v) is 12.8. The molecule has 49 heavy (non-hydrogen) atoms. The molecular formula is C43H40N6+2. The molecule has 0 aliphatic heterocycles. The van der Waals surface area contributed by atoms with Crippen molar-refractivity contribution in [3.05, 3.63) is 133 Å². The number of anilines is 2. The molecular weight excluding hydrogens is 601 g/mol. The van der Waals surface area contributed by atoms with Gasteiger partial charge in [-0.05, 0) is 73.9 Å². The maximum atomic E-state index is 5.18. The molecule has 0 N–H and O–H groups in total. The van der Waals surface area contributed by atoms with E-state index in [9.17, 15) is 0 Å². The van der Waals surface area contributed by atoms with Crippen LogP contribution in [-0.4, -0.2) is 37.2 Å². The van der Waals surface area contributed by atoms with Crippen LogP contribution < -0.4 is 18.9 Å². The maximum absolute atomic E-state index is 5.18. The lowest BCUT2D eigenvalue weighted by molar-refractivity contribution is -0.538. The molecule has 0 unspecified atom stereocenters. The van der Waals surface area contributed by atoms with E-state index in [-0.39, 0.29) is 0 Å². The van der Waals surface area contributed by atoms with E-state index in [1.165, 1.54) is 16.8 Å². The number of fused-ring (bicyclic) bond motifs is 4. The topological polar surface area (TPSA) is 40.0 Å². The predicted octanol–water partition coefficient (Wildman–Crippen LogP) is 8.53. The number of hydrogen-bond donors (Lipinski definition) is 0. The van der Waals surface area contributed by atoms with Gasteiger partial charge in [0.1, 0.15) is 22.1 Å². The minimum Gasteiger partial charge on any atom is -0.377 e. The Bertz CT molecular complexity index is 2500. The highest BCUT2D eigenvalue weighted by atomic mass is 15.1. The molecule has 0 aliphatic rings. The van der Waals surface area contributed by atoms with Crippen LogP contribution in [0.3, 0.4) is 0 Å². The Morgan fingerprint density at radius 3 is 1.57 bits per heavy atom. The molecule has 6 heteroatoms. The van der Waals surface area contributed by atoms with E-state index in [4.69, 9.17) is 9.97 Å². The number of aromatic nitrogens is 4. The van der Waals surface area contributed by atoms with Crippen molar-refractivity contribution in [2.75, 3.05) is 37.0 Å². The highest BCUT2D eigenvalue weighted by Crippen LogP contribution is 2.32. The van der Waals surface area contributed by atoms with Gasteiger partial charge < -0.3 is 9.80 Å². The second-order valence-electron chi connectivity index (χ2n) is 12.8. The van der Waals surface area contributed by atoms with Gasteiger partial charge in [0.15, 0.2) is 0 Å². The third-order valence-electron chi connectivity index (χ3n) is 9.65. The summed E-state index contributed by atoms with van der Waals surface area (Å²) in [5.74, 6) is 0. The number of aryl methyl sites for hydroxylation is 1. The van der Waals surface area contributed by atoms with Crippen LogP contribution in [0.25, 0.3) is 66.6 Å². The van der Waals surface area contributed by atoms with Crippen LogP contribution in [-0.2, 0) is 0 Å². The summed E-state index contributed by atoms with van der Waals surface area (Å²) >= 11 is 0. The van der Waals surface area contributed by atoms with Gasteiger partial charge in [-0.2, -0.15) is 0 Å². The molecule has 0 amide bonds. The van der Waals surface area contributed by atoms with Crippen LogP contribution in [0.4, 0.5) is 11.4 Å². The summed E-state index contributed by atoms with van der Waals surface area (Å²) in [6.07, 6.45) is 0. The van der Waals surface area contributed by atoms with Crippen molar-refractivity contribution in [2.45, 2.75) is 20.8 Å². The van der Waals surface area contributed by atoms with Crippen molar-refractivity contribution >= 4 is 55.5 Å². The van der Waals surface area contributed by atoms with Crippen LogP contribution in [0.15, 0.2) is 127 Å². The fourth-order valence-electron chi connectivity index (χ4n) is 7.09. The summed E-state index contributed by atoms with van der Waals surface area (Å²) in [6.45, 7) is 8.49. The van der Waals surface area contributed by atoms with Crippen molar-refractivity contribution in [3.63, 3.8) is 0 Å². The van der Waals surface area contributed by atoms with Crippen LogP contribution in [0.5, 0.6) is 0 Å². The summed E-state index contributed by atoms with van der Waals surface area (Å²) in [6, 6.07) is 45.6. The lowest BCUT2D eigenvalue weighted by atomic mass is 9.98. The SMILES string of the molecule is CCN(CC)c1ccc2nc3ccc(-c4cc5c(cc4C)nc4ccc(N(C)C)cc4[n+]5-c4ccccc4)cc3[n+](-c3ccccc3)c2c1. The molecule has 0 fully saturated rings. The largest absolute Gasteiger partial charge is 0.377 e. The molecule has 8 rings (SSSR count). The van der Waals surface area contributed by atoms with E-state index in [0.29, 0.717) is 0 Å². The fourth-order valence-corrected chi connectivity index (χ4v) is 7.09. The normalized spacial score (nSPS) is 11.5. The van der Waals surface area contributed by atoms with Crippen molar-refractivity contribution in [3.8, 4) is 22.5 Å². The summed E-state index contributed by atoms with van der Waals surface area (Å²) in [4.78, 5) is 14.9. The van der Waals surface area contributed by atoms with Gasteiger partial charge in [-0.15, -0.1) is 9.13 Å². The van der Waals surface area contributed by atoms with E-state index in [1.54, 1.807) is 0 Å². The number of para-hydroxylation sites is 2. The molecule has 0 radical (unpaired) electrons. The first kappa shape index (κ1) is 30.5. The van der Waals surface area contributed by atoms with Crippen LogP contribution in [0.2, 0.25) is 0 Å². The third kappa shape index (κ3) is 5.30. The van der Waals surface area contributed by atoms with Crippen molar-refractivity contribution in [1.82, 2.24) is 9.97 Å². The van der Waals surface area contributed by atoms with Gasteiger partial charge in [0, 0.05) is 87.1 Å². The van der Waals surface area contributed by atoms with Gasteiger partial charge in [-0.25, -0.2) is 9.97 Å². The zero-order valence-corrected chi connectivity index (χ0v) is 28.7. The molecule has 0 atom stereocenters. The Morgan fingerprint density at radius 2 is 1.00 bits per heavy atom. The standard InChI is InChI=1S/C43H40N6/c1-6-47(7-2)34-20-23-37-42(27-34)48(31-14-10-8-11-15-31)40-25-30(18-21-36(40)44-37)35-28-43-39(24-29(35)3)45-38-22-19-33(46(4)5)26-41(38)49(43)32-16-12-9-13-17-32/h8-28H,6-7H2,1-5H3/q+2. The van der Waals surface area contributed by atoms with E-state index < -0.39 is 0 Å². The molecule has 0 saturated heterocycles. The van der Waals surface area contributed by atoms with Crippen LogP contribution >= 0.6 is 0 Å². The molecule has 0 spiro atoms. The van der Waals surface area contributed by atoms with Gasteiger partial charge in [-0.1, -0.05) is 42.5 Å². The maximum Gasteiger partial charge on any atom is 0.239 e. The summed E-state index contributed by atoms with van der Waals surface area (Å²) in [7, 11) is 4.15. The molecule has 6 nitrogen and oxygen atoms in total. The quantitative estimate of drug-likeness (QED) is 0.129. The highest BCUT2D eigenvalue weighted by molar-refractivity contribution is 5.91. The first-order chi connectivity index (χ1) is 23.9. The smallest absolute Gasteiger partial charge is 0.239 e. The average molecular weight is 641 g/mol. The van der Waals surface area contributed by atoms with E-state index in [1.807, 2.05) is 0 Å². The molecule has 240 valence electrons. The average Bonchev–Trinajstić information content (AvgIpc) is 3.13. The van der Waals surface area contributed by atoms with Gasteiger partial charge in [0.2, 0.25) is 33.4 Å². The molecule has 0 bridgehead atoms. The van der Waals surface area contributed by atoms with E-state index in [0.717, 1.165) is 79.8 Å². The predicted molar refractivity (Wildman–Crippen MR) is 203 cm³/mol. The lowest BCUT2D eigenvalue weighted by Gasteiger charge is -2.20. The first-order valence-corrected chi connectivity index (χ1v) is 17.1. The Kier molecular flexibility index (Phi) is 7.64. The first-order valence-electron chi connectivity index (χ1n) is 17.1. The Labute approximate surface area is 287 Å². The molecule has 2 aromatic heterocycles. The zero-order chi connectivity index (χ0) is 33.6. The summed E-state index contributed by atoms with van der Waals surface area (Å²) in [5.41, 5.74) is 16.2. The Hall–Kier alpha value is -5.88. The molecule has 2 heterocycles. The molecule has 6 aromatic carbocycles. The van der Waals surface area contributed by atoms with Gasteiger partial charge in [0.05, 0.1) is 0 Å². The Balaban J connectivity index is 1.41.